The number of piperidine rings is 1. The molecule has 0 radical (unpaired) electrons. The normalized spacial score (nSPS) is 16.5. The quantitative estimate of drug-likeness (QED) is 0.534. The van der Waals surface area contributed by atoms with Crippen molar-refractivity contribution in [2.75, 3.05) is 20.1 Å². The number of carbonyl (C=O) groups is 1. The van der Waals surface area contributed by atoms with E-state index in [9.17, 15) is 13.6 Å². The predicted octanol–water partition coefficient (Wildman–Crippen LogP) is 4.73. The molecule has 0 N–H and O–H groups in total. The molecule has 5 nitrogen and oxygen atoms in total. The molecule has 1 aromatic heterocycles. The van der Waals surface area contributed by atoms with Crippen molar-refractivity contribution in [2.45, 2.75) is 38.3 Å². The summed E-state index contributed by atoms with van der Waals surface area (Å²) in [5.41, 5.74) is 1.37. The molecule has 0 spiro atoms. The van der Waals surface area contributed by atoms with E-state index in [0.29, 0.717) is 36.7 Å². The second-order valence-corrected chi connectivity index (χ2v) is 8.33. The summed E-state index contributed by atoms with van der Waals surface area (Å²) in [6, 6.07) is 12.8. The van der Waals surface area contributed by atoms with Gasteiger partial charge >= 0.3 is 0 Å². The minimum Gasteiger partial charge on any atom is -0.443 e. The number of carbonyl (C=O) groups excluding carboxylic acids is 1. The predicted molar refractivity (Wildman–Crippen MR) is 117 cm³/mol. The molecular formula is C25H27F2N3O2. The van der Waals surface area contributed by atoms with E-state index < -0.39 is 0 Å². The highest BCUT2D eigenvalue weighted by Gasteiger charge is 2.31. The number of likely N-dealkylation sites (N-methyl/N-ethyl adjacent to an activating group) is 1. The molecule has 0 saturated carbocycles. The SMILES string of the molecule is CN(CC(=O)N1CCCCC1c1ncc(Cc2cccc(F)c2)o1)Cc1ccccc1F. The van der Waals surface area contributed by atoms with Crippen LogP contribution < -0.4 is 0 Å². The van der Waals surface area contributed by atoms with Crippen LogP contribution in [0.2, 0.25) is 0 Å². The van der Waals surface area contributed by atoms with E-state index in [4.69, 9.17) is 4.42 Å². The van der Waals surface area contributed by atoms with Gasteiger partial charge in [-0.2, -0.15) is 0 Å². The fraction of sp³-hybridized carbons (Fsp3) is 0.360. The van der Waals surface area contributed by atoms with Gasteiger partial charge in [0.15, 0.2) is 0 Å². The van der Waals surface area contributed by atoms with Crippen LogP contribution in [0.4, 0.5) is 8.78 Å². The third-order valence-corrected chi connectivity index (χ3v) is 5.75. The summed E-state index contributed by atoms with van der Waals surface area (Å²) in [6.45, 7) is 1.17. The van der Waals surface area contributed by atoms with Crippen LogP contribution in [0.25, 0.3) is 0 Å². The molecule has 3 aromatic rings. The van der Waals surface area contributed by atoms with Crippen molar-refractivity contribution in [1.29, 1.82) is 0 Å². The largest absolute Gasteiger partial charge is 0.443 e. The van der Waals surface area contributed by atoms with Gasteiger partial charge < -0.3 is 9.32 Å². The molecule has 1 aliphatic rings. The third-order valence-electron chi connectivity index (χ3n) is 5.75. The molecule has 1 fully saturated rings. The average Bonchev–Trinajstić information content (AvgIpc) is 3.23. The topological polar surface area (TPSA) is 49.6 Å². The summed E-state index contributed by atoms with van der Waals surface area (Å²) in [4.78, 5) is 21.1. The van der Waals surface area contributed by atoms with Gasteiger partial charge in [0.1, 0.15) is 23.4 Å². The molecule has 32 heavy (non-hydrogen) atoms. The first-order valence-electron chi connectivity index (χ1n) is 10.9. The van der Waals surface area contributed by atoms with Gasteiger partial charge in [-0.1, -0.05) is 30.3 Å². The van der Waals surface area contributed by atoms with E-state index in [-0.39, 0.29) is 30.1 Å². The molecule has 1 amide bonds. The van der Waals surface area contributed by atoms with E-state index >= 15 is 0 Å². The summed E-state index contributed by atoms with van der Waals surface area (Å²) < 4.78 is 33.4. The van der Waals surface area contributed by atoms with Crippen molar-refractivity contribution >= 4 is 5.91 Å². The Bertz CT molecular complexity index is 1070. The van der Waals surface area contributed by atoms with Crippen LogP contribution in [0.15, 0.2) is 59.1 Å². The van der Waals surface area contributed by atoms with Crippen molar-refractivity contribution < 1.29 is 18.0 Å². The average molecular weight is 440 g/mol. The molecular weight excluding hydrogens is 412 g/mol. The maximum atomic E-state index is 13.9. The number of halogens is 2. The van der Waals surface area contributed by atoms with Gasteiger partial charge in [-0.25, -0.2) is 13.8 Å². The Balaban J connectivity index is 1.42. The van der Waals surface area contributed by atoms with Crippen LogP contribution in [0.1, 0.15) is 48.1 Å². The standard InChI is InChI=1S/C25H27F2N3O2/c1-29(16-19-8-2-3-10-22(19)27)17-24(31)30-12-5-4-11-23(30)25-28-15-21(32-25)14-18-7-6-9-20(26)13-18/h2-3,6-10,13,15,23H,4-5,11-12,14,16-17H2,1H3. The van der Waals surface area contributed by atoms with Crippen molar-refractivity contribution in [3.8, 4) is 0 Å². The number of nitrogens with zero attached hydrogens (tertiary/aromatic N) is 3. The van der Waals surface area contributed by atoms with Gasteiger partial charge in [0.25, 0.3) is 0 Å². The molecule has 7 heteroatoms. The number of aromatic nitrogens is 1. The summed E-state index contributed by atoms with van der Waals surface area (Å²) in [5.74, 6) is 0.568. The Labute approximate surface area is 186 Å². The first kappa shape index (κ1) is 22.1. The summed E-state index contributed by atoms with van der Waals surface area (Å²) in [7, 11) is 1.81. The molecule has 0 aliphatic carbocycles. The van der Waals surface area contributed by atoms with Crippen molar-refractivity contribution in [3.63, 3.8) is 0 Å². The zero-order valence-electron chi connectivity index (χ0n) is 18.1. The fourth-order valence-corrected chi connectivity index (χ4v) is 4.19. The monoisotopic (exact) mass is 439 g/mol. The molecule has 1 aliphatic heterocycles. The number of likely N-dealkylation sites (tertiary alicyclic amines) is 1. The van der Waals surface area contributed by atoms with Gasteiger partial charge in [0.05, 0.1) is 12.7 Å². The molecule has 1 atom stereocenters. The van der Waals surface area contributed by atoms with Crippen molar-refractivity contribution in [3.05, 3.63) is 89.1 Å². The number of hydrogen-bond acceptors (Lipinski definition) is 4. The Morgan fingerprint density at radius 2 is 2.03 bits per heavy atom. The van der Waals surface area contributed by atoms with E-state index in [2.05, 4.69) is 4.98 Å². The van der Waals surface area contributed by atoms with Crippen molar-refractivity contribution in [1.82, 2.24) is 14.8 Å². The van der Waals surface area contributed by atoms with Gasteiger partial charge in [0.2, 0.25) is 11.8 Å². The number of hydrogen-bond donors (Lipinski definition) is 0. The zero-order valence-corrected chi connectivity index (χ0v) is 18.1. The molecule has 0 bridgehead atoms. The van der Waals surface area contributed by atoms with Gasteiger partial charge in [0, 0.05) is 25.1 Å². The van der Waals surface area contributed by atoms with Crippen LogP contribution in [-0.2, 0) is 17.8 Å². The van der Waals surface area contributed by atoms with Gasteiger partial charge in [-0.15, -0.1) is 0 Å². The van der Waals surface area contributed by atoms with E-state index in [1.54, 1.807) is 30.5 Å². The second-order valence-electron chi connectivity index (χ2n) is 8.33. The van der Waals surface area contributed by atoms with Crippen LogP contribution in [-0.4, -0.2) is 40.8 Å². The highest BCUT2D eigenvalue weighted by Crippen LogP contribution is 2.31. The summed E-state index contributed by atoms with van der Waals surface area (Å²) in [6.07, 6.45) is 4.79. The Kier molecular flexibility index (Phi) is 6.95. The number of benzene rings is 2. The lowest BCUT2D eigenvalue weighted by atomic mass is 10.0. The minimum absolute atomic E-state index is 0.0292. The van der Waals surface area contributed by atoms with Crippen LogP contribution in [0.5, 0.6) is 0 Å². The molecule has 2 heterocycles. The highest BCUT2D eigenvalue weighted by molar-refractivity contribution is 5.78. The Morgan fingerprint density at radius 1 is 1.19 bits per heavy atom. The molecule has 168 valence electrons. The minimum atomic E-state index is -0.286. The van der Waals surface area contributed by atoms with Gasteiger partial charge in [-0.3, -0.25) is 9.69 Å². The first-order chi connectivity index (χ1) is 15.5. The smallest absolute Gasteiger partial charge is 0.237 e. The van der Waals surface area contributed by atoms with E-state index in [1.807, 2.05) is 22.9 Å². The van der Waals surface area contributed by atoms with Crippen LogP contribution in [0, 0.1) is 11.6 Å². The molecule has 1 saturated heterocycles. The maximum Gasteiger partial charge on any atom is 0.237 e. The Hall–Kier alpha value is -3.06. The zero-order chi connectivity index (χ0) is 22.5. The van der Waals surface area contributed by atoms with Gasteiger partial charge in [-0.05, 0) is 50.1 Å². The highest BCUT2D eigenvalue weighted by atomic mass is 19.1. The van der Waals surface area contributed by atoms with E-state index in [0.717, 1.165) is 24.8 Å². The van der Waals surface area contributed by atoms with Crippen LogP contribution >= 0.6 is 0 Å². The Morgan fingerprint density at radius 3 is 2.84 bits per heavy atom. The number of amides is 1. The third kappa shape index (κ3) is 5.40. The van der Waals surface area contributed by atoms with Crippen molar-refractivity contribution in [2.24, 2.45) is 0 Å². The number of rotatable bonds is 7. The molecule has 2 aromatic carbocycles. The second kappa shape index (κ2) is 10.0. The lowest BCUT2D eigenvalue weighted by Gasteiger charge is -2.35. The lowest BCUT2D eigenvalue weighted by molar-refractivity contribution is -0.136. The van der Waals surface area contributed by atoms with E-state index in [1.165, 1.54) is 18.2 Å². The lowest BCUT2D eigenvalue weighted by Crippen LogP contribution is -2.43. The van der Waals surface area contributed by atoms with Crippen LogP contribution in [0.3, 0.4) is 0 Å². The summed E-state index contributed by atoms with van der Waals surface area (Å²) >= 11 is 0. The molecule has 1 unspecified atom stereocenters. The first-order valence-corrected chi connectivity index (χ1v) is 10.9. The number of oxazole rings is 1. The molecule has 4 rings (SSSR count). The fourth-order valence-electron chi connectivity index (χ4n) is 4.19. The maximum absolute atomic E-state index is 13.9. The summed E-state index contributed by atoms with van der Waals surface area (Å²) in [5, 5.41) is 0.